The molecule has 0 aromatic carbocycles. The molecule has 0 aromatic rings. The van der Waals surface area contributed by atoms with Crippen LogP contribution in [0, 0.1) is 0 Å². The summed E-state index contributed by atoms with van der Waals surface area (Å²) in [5.41, 5.74) is 0.200. The van der Waals surface area contributed by atoms with Crippen molar-refractivity contribution in [2.45, 2.75) is 50.8 Å². The summed E-state index contributed by atoms with van der Waals surface area (Å²) in [4.78, 5) is 0. The van der Waals surface area contributed by atoms with E-state index in [1.807, 2.05) is 0 Å². The molecule has 1 aliphatic heterocycles. The van der Waals surface area contributed by atoms with Crippen LogP contribution in [0.3, 0.4) is 0 Å². The molecule has 2 nitrogen and oxygen atoms in total. The first-order valence-corrected chi connectivity index (χ1v) is 4.57. The van der Waals surface area contributed by atoms with Gasteiger partial charge in [-0.3, -0.25) is 0 Å². The SMILES string of the molecule is CC1(C)COC2CCCC2N1.Cl. The highest BCUT2D eigenvalue weighted by molar-refractivity contribution is 5.85. The van der Waals surface area contributed by atoms with Gasteiger partial charge in [0.05, 0.1) is 12.7 Å². The van der Waals surface area contributed by atoms with Gasteiger partial charge in [0.1, 0.15) is 0 Å². The standard InChI is InChI=1S/C9H17NO.ClH/c1-9(2)6-11-8-5-3-4-7(8)10-9;/h7-8,10H,3-6H2,1-2H3;1H. The third-order valence-electron chi connectivity index (χ3n) is 2.69. The maximum absolute atomic E-state index is 5.75. The van der Waals surface area contributed by atoms with Gasteiger partial charge < -0.3 is 10.1 Å². The fourth-order valence-corrected chi connectivity index (χ4v) is 2.15. The zero-order chi connectivity index (χ0) is 7.90. The highest BCUT2D eigenvalue weighted by atomic mass is 35.5. The molecule has 1 N–H and O–H groups in total. The summed E-state index contributed by atoms with van der Waals surface area (Å²) in [6, 6.07) is 0.638. The first-order valence-electron chi connectivity index (χ1n) is 4.57. The van der Waals surface area contributed by atoms with E-state index in [0.29, 0.717) is 12.1 Å². The lowest BCUT2D eigenvalue weighted by molar-refractivity contribution is -0.0389. The number of morpholine rings is 1. The minimum Gasteiger partial charge on any atom is -0.375 e. The first kappa shape index (κ1) is 10.3. The molecule has 0 aromatic heterocycles. The van der Waals surface area contributed by atoms with Crippen LogP contribution >= 0.6 is 12.4 Å². The van der Waals surface area contributed by atoms with Gasteiger partial charge in [-0.25, -0.2) is 0 Å². The maximum Gasteiger partial charge on any atom is 0.0729 e. The molecule has 0 radical (unpaired) electrons. The third kappa shape index (κ3) is 1.93. The second kappa shape index (κ2) is 3.52. The van der Waals surface area contributed by atoms with Gasteiger partial charge in [0.25, 0.3) is 0 Å². The average molecular weight is 192 g/mol. The lowest BCUT2D eigenvalue weighted by atomic mass is 10.0. The van der Waals surface area contributed by atoms with Crippen molar-refractivity contribution in [3.63, 3.8) is 0 Å². The molecule has 3 heteroatoms. The smallest absolute Gasteiger partial charge is 0.0729 e. The Bertz CT molecular complexity index is 161. The van der Waals surface area contributed by atoms with Crippen LogP contribution in [-0.4, -0.2) is 24.3 Å². The van der Waals surface area contributed by atoms with Crippen molar-refractivity contribution in [1.29, 1.82) is 0 Å². The summed E-state index contributed by atoms with van der Waals surface area (Å²) < 4.78 is 5.75. The fraction of sp³-hybridized carbons (Fsp3) is 1.00. The van der Waals surface area contributed by atoms with E-state index in [-0.39, 0.29) is 17.9 Å². The second-order valence-electron chi connectivity index (χ2n) is 4.42. The molecule has 2 aliphatic rings. The molecule has 1 heterocycles. The first-order chi connectivity index (χ1) is 5.17. The number of rotatable bonds is 0. The van der Waals surface area contributed by atoms with Gasteiger partial charge in [-0.2, -0.15) is 0 Å². The Morgan fingerprint density at radius 1 is 1.33 bits per heavy atom. The van der Waals surface area contributed by atoms with Crippen LogP contribution in [0.5, 0.6) is 0 Å². The maximum atomic E-state index is 5.75. The number of hydrogen-bond acceptors (Lipinski definition) is 2. The predicted octanol–water partition coefficient (Wildman–Crippen LogP) is 1.73. The molecule has 0 bridgehead atoms. The second-order valence-corrected chi connectivity index (χ2v) is 4.42. The zero-order valence-corrected chi connectivity index (χ0v) is 8.62. The minimum atomic E-state index is 0. The molecule has 72 valence electrons. The molecule has 1 aliphatic carbocycles. The number of halogens is 1. The van der Waals surface area contributed by atoms with Crippen LogP contribution in [0.1, 0.15) is 33.1 Å². The van der Waals surface area contributed by atoms with Crippen LogP contribution in [-0.2, 0) is 4.74 Å². The largest absolute Gasteiger partial charge is 0.375 e. The van der Waals surface area contributed by atoms with Crippen molar-refractivity contribution in [2.24, 2.45) is 0 Å². The van der Waals surface area contributed by atoms with E-state index in [2.05, 4.69) is 19.2 Å². The molecular formula is C9H18ClNO. The van der Waals surface area contributed by atoms with E-state index in [1.165, 1.54) is 19.3 Å². The summed E-state index contributed by atoms with van der Waals surface area (Å²) in [5, 5.41) is 3.63. The highest BCUT2D eigenvalue weighted by Crippen LogP contribution is 2.28. The Kier molecular flexibility index (Phi) is 3.02. The average Bonchev–Trinajstić information content (AvgIpc) is 2.31. The Hall–Kier alpha value is 0.210. The van der Waals surface area contributed by atoms with Crippen LogP contribution in [0.15, 0.2) is 0 Å². The van der Waals surface area contributed by atoms with Gasteiger partial charge in [0, 0.05) is 11.6 Å². The molecule has 2 atom stereocenters. The summed E-state index contributed by atoms with van der Waals surface area (Å²) >= 11 is 0. The van der Waals surface area contributed by atoms with Gasteiger partial charge >= 0.3 is 0 Å². The quantitative estimate of drug-likeness (QED) is 0.630. The van der Waals surface area contributed by atoms with Crippen molar-refractivity contribution in [3.8, 4) is 0 Å². The zero-order valence-electron chi connectivity index (χ0n) is 7.80. The van der Waals surface area contributed by atoms with Crippen LogP contribution in [0.4, 0.5) is 0 Å². The lowest BCUT2D eigenvalue weighted by Crippen LogP contribution is -2.57. The van der Waals surface area contributed by atoms with E-state index in [0.717, 1.165) is 6.61 Å². The van der Waals surface area contributed by atoms with Gasteiger partial charge in [0.2, 0.25) is 0 Å². The Morgan fingerprint density at radius 2 is 2.08 bits per heavy atom. The van der Waals surface area contributed by atoms with Gasteiger partial charge in [-0.1, -0.05) is 0 Å². The molecule has 12 heavy (non-hydrogen) atoms. The fourth-order valence-electron chi connectivity index (χ4n) is 2.15. The van der Waals surface area contributed by atoms with Gasteiger partial charge in [0.15, 0.2) is 0 Å². The number of nitrogens with one attached hydrogen (secondary N) is 1. The van der Waals surface area contributed by atoms with Crippen molar-refractivity contribution in [2.75, 3.05) is 6.61 Å². The van der Waals surface area contributed by atoms with Crippen LogP contribution in [0.2, 0.25) is 0 Å². The summed E-state index contributed by atoms with van der Waals surface area (Å²) in [7, 11) is 0. The molecule has 1 saturated carbocycles. The van der Waals surface area contributed by atoms with E-state index < -0.39 is 0 Å². The Balaban J connectivity index is 0.000000720. The monoisotopic (exact) mass is 191 g/mol. The van der Waals surface area contributed by atoms with Crippen molar-refractivity contribution >= 4 is 12.4 Å². The van der Waals surface area contributed by atoms with Crippen molar-refractivity contribution in [1.82, 2.24) is 5.32 Å². The van der Waals surface area contributed by atoms with Crippen LogP contribution in [0.25, 0.3) is 0 Å². The Morgan fingerprint density at radius 3 is 2.83 bits per heavy atom. The van der Waals surface area contributed by atoms with Gasteiger partial charge in [-0.05, 0) is 33.1 Å². The highest BCUT2D eigenvalue weighted by Gasteiger charge is 2.37. The van der Waals surface area contributed by atoms with Crippen molar-refractivity contribution in [3.05, 3.63) is 0 Å². The number of hydrogen-bond donors (Lipinski definition) is 1. The minimum absolute atomic E-state index is 0. The van der Waals surface area contributed by atoms with Gasteiger partial charge in [-0.15, -0.1) is 12.4 Å². The van der Waals surface area contributed by atoms with E-state index in [1.54, 1.807) is 0 Å². The molecule has 2 rings (SSSR count). The number of fused-ring (bicyclic) bond motifs is 1. The number of ether oxygens (including phenoxy) is 1. The molecule has 0 spiro atoms. The molecule has 0 amide bonds. The third-order valence-corrected chi connectivity index (χ3v) is 2.69. The van der Waals surface area contributed by atoms with Crippen molar-refractivity contribution < 1.29 is 4.74 Å². The lowest BCUT2D eigenvalue weighted by Gasteiger charge is -2.39. The molecule has 2 unspecified atom stereocenters. The molecule has 2 fully saturated rings. The summed E-state index contributed by atoms with van der Waals surface area (Å²) in [5.74, 6) is 0. The molecular weight excluding hydrogens is 174 g/mol. The summed E-state index contributed by atoms with van der Waals surface area (Å²) in [6.45, 7) is 5.29. The van der Waals surface area contributed by atoms with E-state index in [9.17, 15) is 0 Å². The Labute approximate surface area is 80.5 Å². The van der Waals surface area contributed by atoms with E-state index >= 15 is 0 Å². The predicted molar refractivity (Wildman–Crippen MR) is 51.8 cm³/mol. The van der Waals surface area contributed by atoms with E-state index in [4.69, 9.17) is 4.74 Å². The summed E-state index contributed by atoms with van der Waals surface area (Å²) in [6.07, 6.45) is 4.41. The molecule has 1 saturated heterocycles. The topological polar surface area (TPSA) is 21.3 Å². The van der Waals surface area contributed by atoms with Crippen LogP contribution < -0.4 is 5.32 Å². The normalized spacial score (nSPS) is 38.5.